The number of benzene rings is 1. The quantitative estimate of drug-likeness (QED) is 0.910. The van der Waals surface area contributed by atoms with Crippen LogP contribution in [0.4, 0.5) is 10.5 Å². The van der Waals surface area contributed by atoms with Crippen LogP contribution in [0.5, 0.6) is 0 Å². The van der Waals surface area contributed by atoms with E-state index in [2.05, 4.69) is 5.32 Å². The normalized spacial score (nSPS) is 11.4. The molecular formula is C15H18N2O4. The third kappa shape index (κ3) is 3.98. The van der Waals surface area contributed by atoms with E-state index in [1.165, 1.54) is 0 Å². The van der Waals surface area contributed by atoms with Crippen molar-refractivity contribution in [3.8, 4) is 0 Å². The van der Waals surface area contributed by atoms with Crippen molar-refractivity contribution >= 4 is 28.7 Å². The molecule has 0 unspecified atom stereocenters. The molecule has 0 fully saturated rings. The molecule has 1 amide bonds. The van der Waals surface area contributed by atoms with E-state index in [1.807, 2.05) is 12.1 Å². The molecule has 0 atom stereocenters. The largest absolute Gasteiger partial charge is 0.480 e. The maximum absolute atomic E-state index is 11.7. The zero-order valence-corrected chi connectivity index (χ0v) is 12.2. The highest BCUT2D eigenvalue weighted by Gasteiger charge is 2.16. The van der Waals surface area contributed by atoms with Gasteiger partial charge in [0, 0.05) is 11.9 Å². The molecule has 6 nitrogen and oxygen atoms in total. The molecule has 0 aliphatic heterocycles. The fourth-order valence-electron chi connectivity index (χ4n) is 1.97. The van der Waals surface area contributed by atoms with E-state index in [0.29, 0.717) is 5.69 Å². The molecule has 0 spiro atoms. The van der Waals surface area contributed by atoms with Gasteiger partial charge in [0.25, 0.3) is 0 Å². The van der Waals surface area contributed by atoms with Crippen LogP contribution >= 0.6 is 0 Å². The van der Waals surface area contributed by atoms with Crippen LogP contribution in [0.1, 0.15) is 20.8 Å². The van der Waals surface area contributed by atoms with Crippen LogP contribution in [0.3, 0.4) is 0 Å². The second-order valence-electron chi connectivity index (χ2n) is 5.74. The zero-order valence-electron chi connectivity index (χ0n) is 12.2. The lowest BCUT2D eigenvalue weighted by Crippen LogP contribution is -2.27. The summed E-state index contributed by atoms with van der Waals surface area (Å²) in [5, 5.41) is 12.4. The highest BCUT2D eigenvalue weighted by Crippen LogP contribution is 2.21. The number of rotatable bonds is 3. The number of ether oxygens (including phenoxy) is 1. The van der Waals surface area contributed by atoms with Gasteiger partial charge in [-0.2, -0.15) is 0 Å². The number of aromatic nitrogens is 1. The summed E-state index contributed by atoms with van der Waals surface area (Å²) in [6.45, 7) is 5.23. The molecule has 6 heteroatoms. The summed E-state index contributed by atoms with van der Waals surface area (Å²) in [7, 11) is 0. The van der Waals surface area contributed by atoms with Crippen molar-refractivity contribution in [1.29, 1.82) is 0 Å². The minimum Gasteiger partial charge on any atom is -0.480 e. The van der Waals surface area contributed by atoms with Crippen LogP contribution in [0.25, 0.3) is 10.9 Å². The number of aliphatic carboxylic acids is 1. The lowest BCUT2D eigenvalue weighted by atomic mass is 10.2. The van der Waals surface area contributed by atoms with Gasteiger partial charge in [0.05, 0.1) is 5.52 Å². The van der Waals surface area contributed by atoms with E-state index in [-0.39, 0.29) is 6.54 Å². The van der Waals surface area contributed by atoms with Crippen LogP contribution in [0.15, 0.2) is 30.5 Å². The first-order valence-electron chi connectivity index (χ1n) is 6.55. The molecule has 1 aromatic carbocycles. The van der Waals surface area contributed by atoms with Crippen LogP contribution in [-0.4, -0.2) is 27.3 Å². The van der Waals surface area contributed by atoms with Crippen LogP contribution in [0, 0.1) is 0 Å². The highest BCUT2D eigenvalue weighted by atomic mass is 16.6. The number of nitrogens with zero attached hydrogens (tertiary/aromatic N) is 1. The number of carboxylic acid groups (broad SMARTS) is 1. The van der Waals surface area contributed by atoms with Crippen molar-refractivity contribution in [2.45, 2.75) is 32.9 Å². The van der Waals surface area contributed by atoms with Gasteiger partial charge in [-0.1, -0.05) is 6.07 Å². The summed E-state index contributed by atoms with van der Waals surface area (Å²) < 4.78 is 6.79. The van der Waals surface area contributed by atoms with Gasteiger partial charge in [-0.15, -0.1) is 0 Å². The Bertz CT molecular complexity index is 683. The van der Waals surface area contributed by atoms with E-state index in [1.54, 1.807) is 43.7 Å². The fraction of sp³-hybridized carbons (Fsp3) is 0.333. The number of anilines is 1. The molecule has 0 radical (unpaired) electrons. The lowest BCUT2D eigenvalue weighted by Gasteiger charge is -2.19. The molecule has 1 aromatic heterocycles. The van der Waals surface area contributed by atoms with Gasteiger partial charge in [0.15, 0.2) is 0 Å². The molecular weight excluding hydrogens is 272 g/mol. The van der Waals surface area contributed by atoms with Crippen LogP contribution in [-0.2, 0) is 16.1 Å². The number of fused-ring (bicyclic) bond motifs is 1. The second-order valence-corrected chi connectivity index (χ2v) is 5.74. The van der Waals surface area contributed by atoms with E-state index < -0.39 is 17.7 Å². The van der Waals surface area contributed by atoms with E-state index >= 15 is 0 Å². The topological polar surface area (TPSA) is 80.6 Å². The van der Waals surface area contributed by atoms with Gasteiger partial charge >= 0.3 is 12.1 Å². The van der Waals surface area contributed by atoms with Crippen molar-refractivity contribution in [3.05, 3.63) is 30.5 Å². The molecule has 21 heavy (non-hydrogen) atoms. The first-order chi connectivity index (χ1) is 9.74. The molecule has 0 bridgehead atoms. The molecule has 2 aromatic rings. The van der Waals surface area contributed by atoms with Gasteiger partial charge in [-0.3, -0.25) is 10.1 Å². The Morgan fingerprint density at radius 2 is 2.00 bits per heavy atom. The number of amides is 1. The Hall–Kier alpha value is -2.50. The van der Waals surface area contributed by atoms with Crippen LogP contribution in [0.2, 0.25) is 0 Å². The van der Waals surface area contributed by atoms with Crippen molar-refractivity contribution in [3.63, 3.8) is 0 Å². The van der Waals surface area contributed by atoms with Gasteiger partial charge < -0.3 is 14.4 Å². The summed E-state index contributed by atoms with van der Waals surface area (Å²) in [5.41, 5.74) is 0.727. The second kappa shape index (κ2) is 5.47. The van der Waals surface area contributed by atoms with Crippen molar-refractivity contribution < 1.29 is 19.4 Å². The number of nitrogens with one attached hydrogen (secondary N) is 1. The maximum Gasteiger partial charge on any atom is 0.412 e. The highest BCUT2D eigenvalue weighted by molar-refractivity contribution is 5.90. The Morgan fingerprint density at radius 3 is 2.62 bits per heavy atom. The Kier molecular flexibility index (Phi) is 3.88. The van der Waals surface area contributed by atoms with E-state index in [4.69, 9.17) is 9.84 Å². The monoisotopic (exact) mass is 290 g/mol. The predicted molar refractivity (Wildman–Crippen MR) is 79.4 cm³/mol. The summed E-state index contributed by atoms with van der Waals surface area (Å²) >= 11 is 0. The van der Waals surface area contributed by atoms with E-state index in [9.17, 15) is 9.59 Å². The SMILES string of the molecule is CC(C)(C)OC(=O)Nc1ccc2ccn(CC(=O)O)c2c1. The standard InChI is InChI=1S/C15H18N2O4/c1-15(2,3)21-14(20)16-11-5-4-10-6-7-17(9-13(18)19)12(10)8-11/h4-8H,9H2,1-3H3,(H,16,20)(H,18,19). The fourth-order valence-corrected chi connectivity index (χ4v) is 1.97. The summed E-state index contributed by atoms with van der Waals surface area (Å²) in [5.74, 6) is -0.919. The Morgan fingerprint density at radius 1 is 1.29 bits per heavy atom. The van der Waals surface area contributed by atoms with Crippen LogP contribution < -0.4 is 5.32 Å². The molecule has 2 rings (SSSR count). The number of carbonyl (C=O) groups excluding carboxylic acids is 1. The number of hydrogen-bond donors (Lipinski definition) is 2. The zero-order chi connectivity index (χ0) is 15.6. The van der Waals surface area contributed by atoms with Gasteiger partial charge in [0.2, 0.25) is 0 Å². The molecule has 2 N–H and O–H groups in total. The minimum absolute atomic E-state index is 0.126. The van der Waals surface area contributed by atoms with Crippen molar-refractivity contribution in [2.24, 2.45) is 0 Å². The minimum atomic E-state index is -0.919. The molecule has 0 saturated heterocycles. The third-order valence-corrected chi connectivity index (χ3v) is 2.72. The smallest absolute Gasteiger partial charge is 0.412 e. The molecule has 1 heterocycles. The average molecular weight is 290 g/mol. The summed E-state index contributed by atoms with van der Waals surface area (Å²) in [6.07, 6.45) is 1.16. The Balaban J connectivity index is 2.21. The van der Waals surface area contributed by atoms with Crippen molar-refractivity contribution in [1.82, 2.24) is 4.57 Å². The van der Waals surface area contributed by atoms with Gasteiger partial charge in [0.1, 0.15) is 12.1 Å². The number of hydrogen-bond acceptors (Lipinski definition) is 3. The number of carbonyl (C=O) groups is 2. The van der Waals surface area contributed by atoms with Gasteiger partial charge in [-0.05, 0) is 44.4 Å². The number of carboxylic acids is 1. The summed E-state index contributed by atoms with van der Waals surface area (Å²) in [4.78, 5) is 22.6. The first-order valence-corrected chi connectivity index (χ1v) is 6.55. The lowest BCUT2D eigenvalue weighted by molar-refractivity contribution is -0.137. The maximum atomic E-state index is 11.7. The Labute approximate surface area is 122 Å². The first kappa shape index (κ1) is 14.9. The van der Waals surface area contributed by atoms with E-state index in [0.717, 1.165) is 10.9 Å². The molecule has 112 valence electrons. The third-order valence-electron chi connectivity index (χ3n) is 2.72. The summed E-state index contributed by atoms with van der Waals surface area (Å²) in [6, 6.07) is 7.12. The van der Waals surface area contributed by atoms with Gasteiger partial charge in [-0.25, -0.2) is 4.79 Å². The molecule has 0 aliphatic rings. The predicted octanol–water partition coefficient (Wildman–Crippen LogP) is 3.07. The average Bonchev–Trinajstić information content (AvgIpc) is 2.68. The molecule has 0 aliphatic carbocycles. The molecule has 0 saturated carbocycles. The van der Waals surface area contributed by atoms with Crippen molar-refractivity contribution in [2.75, 3.05) is 5.32 Å².